The number of hydrogen-bond acceptors (Lipinski definition) is 2. The lowest BCUT2D eigenvalue weighted by molar-refractivity contribution is 0.244. The summed E-state index contributed by atoms with van der Waals surface area (Å²) in [5.41, 5.74) is 4.03. The summed E-state index contributed by atoms with van der Waals surface area (Å²) >= 11 is 0. The number of nitrogens with zero attached hydrogens (tertiary/aromatic N) is 1. The summed E-state index contributed by atoms with van der Waals surface area (Å²) in [6, 6.07) is 6.67. The van der Waals surface area contributed by atoms with Crippen molar-refractivity contribution in [2.45, 2.75) is 13.3 Å². The molecular weight excluding hydrogens is 222 g/mol. The van der Waals surface area contributed by atoms with Gasteiger partial charge in [-0.3, -0.25) is 0 Å². The first-order valence-electron chi connectivity index (χ1n) is 6.82. The third kappa shape index (κ3) is 2.42. The highest BCUT2D eigenvalue weighted by atomic mass is 15.2. The smallest absolute Gasteiger partial charge is 0.0459 e. The maximum atomic E-state index is 3.40. The first kappa shape index (κ1) is 11.8. The normalized spacial score (nSPS) is 17.4. The second kappa shape index (κ2) is 5.12. The maximum absolute atomic E-state index is 3.40. The number of benzene rings is 1. The van der Waals surface area contributed by atoms with Crippen LogP contribution in [0.25, 0.3) is 10.9 Å². The molecule has 0 spiro atoms. The lowest BCUT2D eigenvalue weighted by Crippen LogP contribution is -2.44. The van der Waals surface area contributed by atoms with E-state index in [2.05, 4.69) is 46.5 Å². The van der Waals surface area contributed by atoms with Crippen molar-refractivity contribution in [1.29, 1.82) is 0 Å². The van der Waals surface area contributed by atoms with Crippen LogP contribution in [-0.4, -0.2) is 42.6 Å². The Morgan fingerprint density at radius 2 is 2.06 bits per heavy atom. The van der Waals surface area contributed by atoms with Crippen LogP contribution in [0.1, 0.15) is 11.1 Å². The highest BCUT2D eigenvalue weighted by Gasteiger charge is 2.10. The molecule has 2 N–H and O–H groups in total. The minimum atomic E-state index is 1.13. The van der Waals surface area contributed by atoms with Crippen LogP contribution in [0.3, 0.4) is 0 Å². The number of hydrogen-bond donors (Lipinski definition) is 2. The topological polar surface area (TPSA) is 31.1 Å². The molecule has 1 aromatic heterocycles. The van der Waals surface area contributed by atoms with Crippen molar-refractivity contribution in [3.8, 4) is 0 Å². The van der Waals surface area contributed by atoms with Crippen molar-refractivity contribution in [3.63, 3.8) is 0 Å². The van der Waals surface area contributed by atoms with Crippen molar-refractivity contribution >= 4 is 10.9 Å². The van der Waals surface area contributed by atoms with E-state index in [-0.39, 0.29) is 0 Å². The molecule has 1 aliphatic rings. The molecule has 1 fully saturated rings. The number of nitrogens with one attached hydrogen (secondary N) is 2. The molecule has 0 unspecified atom stereocenters. The van der Waals surface area contributed by atoms with Gasteiger partial charge in [0, 0.05) is 49.8 Å². The van der Waals surface area contributed by atoms with E-state index in [9.17, 15) is 0 Å². The van der Waals surface area contributed by atoms with Gasteiger partial charge in [0.25, 0.3) is 0 Å². The molecule has 3 rings (SSSR count). The van der Waals surface area contributed by atoms with Gasteiger partial charge in [-0.25, -0.2) is 0 Å². The summed E-state index contributed by atoms with van der Waals surface area (Å²) in [4.78, 5) is 5.93. The van der Waals surface area contributed by atoms with E-state index in [1.165, 1.54) is 41.7 Å². The summed E-state index contributed by atoms with van der Waals surface area (Å²) in [6.07, 6.45) is 3.31. The second-order valence-corrected chi connectivity index (χ2v) is 5.20. The molecule has 0 atom stereocenters. The standard InChI is InChI=1S/C15H21N3/c1-12-2-3-14-13(11-17-15(14)10-12)4-7-18-8-5-16-6-9-18/h2-3,10-11,16-17H,4-9H2,1H3. The zero-order valence-corrected chi connectivity index (χ0v) is 11.0. The van der Waals surface area contributed by atoms with E-state index in [4.69, 9.17) is 0 Å². The molecule has 3 nitrogen and oxygen atoms in total. The molecule has 0 radical (unpaired) electrons. The molecule has 2 aromatic rings. The number of aryl methyl sites for hydroxylation is 1. The summed E-state index contributed by atoms with van der Waals surface area (Å²) in [5, 5.41) is 4.78. The largest absolute Gasteiger partial charge is 0.361 e. The molecule has 1 aromatic carbocycles. The van der Waals surface area contributed by atoms with E-state index < -0.39 is 0 Å². The SMILES string of the molecule is Cc1ccc2c(CCN3CCNCC3)c[nH]c2c1. The lowest BCUT2D eigenvalue weighted by atomic mass is 10.1. The van der Waals surface area contributed by atoms with Crippen LogP contribution in [-0.2, 0) is 6.42 Å². The van der Waals surface area contributed by atoms with Crippen molar-refractivity contribution in [1.82, 2.24) is 15.2 Å². The third-order valence-corrected chi connectivity index (χ3v) is 3.83. The van der Waals surface area contributed by atoms with Gasteiger partial charge in [0.15, 0.2) is 0 Å². The summed E-state index contributed by atoms with van der Waals surface area (Å²) in [5.74, 6) is 0. The molecule has 1 aliphatic heterocycles. The van der Waals surface area contributed by atoms with Crippen molar-refractivity contribution in [2.75, 3.05) is 32.7 Å². The Balaban J connectivity index is 1.70. The number of H-pyrrole nitrogens is 1. The molecule has 1 saturated heterocycles. The van der Waals surface area contributed by atoms with Gasteiger partial charge >= 0.3 is 0 Å². The van der Waals surface area contributed by atoms with E-state index in [0.717, 1.165) is 19.5 Å². The fourth-order valence-electron chi connectivity index (χ4n) is 2.72. The van der Waals surface area contributed by atoms with Gasteiger partial charge in [-0.1, -0.05) is 12.1 Å². The molecule has 0 aliphatic carbocycles. The van der Waals surface area contributed by atoms with Crippen molar-refractivity contribution in [2.24, 2.45) is 0 Å². The third-order valence-electron chi connectivity index (χ3n) is 3.83. The van der Waals surface area contributed by atoms with Gasteiger partial charge in [-0.2, -0.15) is 0 Å². The van der Waals surface area contributed by atoms with E-state index in [0.29, 0.717) is 0 Å². The van der Waals surface area contributed by atoms with Gasteiger partial charge < -0.3 is 15.2 Å². The monoisotopic (exact) mass is 243 g/mol. The first-order chi connectivity index (χ1) is 8.83. The van der Waals surface area contributed by atoms with Gasteiger partial charge in [0.2, 0.25) is 0 Å². The van der Waals surface area contributed by atoms with Crippen LogP contribution in [0, 0.1) is 6.92 Å². The zero-order valence-electron chi connectivity index (χ0n) is 11.0. The van der Waals surface area contributed by atoms with Gasteiger partial charge in [-0.15, -0.1) is 0 Å². The Kier molecular flexibility index (Phi) is 3.35. The number of fused-ring (bicyclic) bond motifs is 1. The minimum Gasteiger partial charge on any atom is -0.361 e. The molecule has 18 heavy (non-hydrogen) atoms. The van der Waals surface area contributed by atoms with Crippen LogP contribution < -0.4 is 5.32 Å². The van der Waals surface area contributed by atoms with Gasteiger partial charge in [0.1, 0.15) is 0 Å². The van der Waals surface area contributed by atoms with E-state index in [1.54, 1.807) is 0 Å². The van der Waals surface area contributed by atoms with E-state index >= 15 is 0 Å². The number of piperazine rings is 1. The predicted molar refractivity (Wildman–Crippen MR) is 76.0 cm³/mol. The first-order valence-corrected chi connectivity index (χ1v) is 6.82. The van der Waals surface area contributed by atoms with E-state index in [1.807, 2.05) is 0 Å². The Labute approximate surface area is 108 Å². The molecule has 0 saturated carbocycles. The van der Waals surface area contributed by atoms with Crippen LogP contribution in [0.15, 0.2) is 24.4 Å². The zero-order chi connectivity index (χ0) is 12.4. The molecule has 2 heterocycles. The molecule has 0 amide bonds. The minimum absolute atomic E-state index is 1.13. The molecule has 96 valence electrons. The average molecular weight is 243 g/mol. The predicted octanol–water partition coefficient (Wildman–Crippen LogP) is 1.92. The fraction of sp³-hybridized carbons (Fsp3) is 0.467. The number of aromatic amines is 1. The van der Waals surface area contributed by atoms with Crippen molar-refractivity contribution < 1.29 is 0 Å². The fourth-order valence-corrected chi connectivity index (χ4v) is 2.72. The quantitative estimate of drug-likeness (QED) is 0.863. The molecule has 0 bridgehead atoms. The highest BCUT2D eigenvalue weighted by Crippen LogP contribution is 2.20. The average Bonchev–Trinajstić information content (AvgIpc) is 2.80. The van der Waals surface area contributed by atoms with Gasteiger partial charge in [0.05, 0.1) is 0 Å². The van der Waals surface area contributed by atoms with Crippen LogP contribution in [0.5, 0.6) is 0 Å². The summed E-state index contributed by atoms with van der Waals surface area (Å²) in [7, 11) is 0. The maximum Gasteiger partial charge on any atom is 0.0459 e. The Hall–Kier alpha value is -1.32. The van der Waals surface area contributed by atoms with Crippen LogP contribution in [0.2, 0.25) is 0 Å². The Morgan fingerprint density at radius 3 is 2.89 bits per heavy atom. The summed E-state index contributed by atoms with van der Waals surface area (Å²) < 4.78 is 0. The van der Waals surface area contributed by atoms with Crippen LogP contribution in [0.4, 0.5) is 0 Å². The molecular formula is C15H21N3. The Morgan fingerprint density at radius 1 is 1.22 bits per heavy atom. The highest BCUT2D eigenvalue weighted by molar-refractivity contribution is 5.83. The number of aromatic nitrogens is 1. The number of rotatable bonds is 3. The van der Waals surface area contributed by atoms with Crippen molar-refractivity contribution in [3.05, 3.63) is 35.5 Å². The van der Waals surface area contributed by atoms with Gasteiger partial charge in [-0.05, 0) is 30.5 Å². The molecule has 3 heteroatoms. The van der Waals surface area contributed by atoms with Crippen LogP contribution >= 0.6 is 0 Å². The summed E-state index contributed by atoms with van der Waals surface area (Å²) in [6.45, 7) is 7.94. The lowest BCUT2D eigenvalue weighted by Gasteiger charge is -2.26. The Bertz CT molecular complexity index is 524. The second-order valence-electron chi connectivity index (χ2n) is 5.20.